The van der Waals surface area contributed by atoms with Gasteiger partial charge in [-0.2, -0.15) is 5.26 Å². The summed E-state index contributed by atoms with van der Waals surface area (Å²) in [6, 6.07) is 12.3. The van der Waals surface area contributed by atoms with E-state index in [1.807, 2.05) is 18.3 Å². The second-order valence-corrected chi connectivity index (χ2v) is 8.04. The minimum Gasteiger partial charge on any atom is -0.352 e. The highest BCUT2D eigenvalue weighted by molar-refractivity contribution is 5.50. The molecule has 0 fully saturated rings. The maximum absolute atomic E-state index is 9.12. The van der Waals surface area contributed by atoms with Gasteiger partial charge in [-0.25, -0.2) is 14.6 Å². The van der Waals surface area contributed by atoms with E-state index in [1.165, 1.54) is 5.56 Å². The molecule has 0 bridgehead atoms. The first kappa shape index (κ1) is 20.2. The lowest BCUT2D eigenvalue weighted by Gasteiger charge is -2.31. The van der Waals surface area contributed by atoms with Crippen LogP contribution in [0.1, 0.15) is 37.7 Å². The van der Waals surface area contributed by atoms with E-state index in [0.717, 1.165) is 17.9 Å². The fraction of sp³-hybridized carbons (Fsp3) is 0.318. The number of hydrogen-bond donors (Lipinski definition) is 0. The number of hydrogen-bond acceptors (Lipinski definition) is 6. The van der Waals surface area contributed by atoms with Gasteiger partial charge in [0.2, 0.25) is 5.82 Å². The van der Waals surface area contributed by atoms with E-state index in [2.05, 4.69) is 82.4 Å². The zero-order valence-corrected chi connectivity index (χ0v) is 17.0. The third-order valence-corrected chi connectivity index (χ3v) is 4.16. The fourth-order valence-electron chi connectivity index (χ4n) is 2.95. The Labute approximate surface area is 171 Å². The van der Waals surface area contributed by atoms with Crippen molar-refractivity contribution in [1.29, 1.82) is 5.26 Å². The Morgan fingerprint density at radius 2 is 1.93 bits per heavy atom. The third-order valence-electron chi connectivity index (χ3n) is 4.16. The summed E-state index contributed by atoms with van der Waals surface area (Å²) in [5.41, 5.74) is 2.40. The Morgan fingerprint density at radius 1 is 1.14 bits per heavy atom. The van der Waals surface area contributed by atoms with Crippen LogP contribution in [-0.2, 0) is 13.1 Å². The molecule has 0 N–H and O–H groups in total. The normalized spacial score (nSPS) is 11.5. The molecule has 0 saturated heterocycles. The summed E-state index contributed by atoms with van der Waals surface area (Å²) in [6.45, 7) is 8.78. The highest BCUT2D eigenvalue weighted by atomic mass is 15.4. The van der Waals surface area contributed by atoms with Crippen LogP contribution in [0.2, 0.25) is 0 Å². The van der Waals surface area contributed by atoms with Gasteiger partial charge in [-0.3, -0.25) is 0 Å². The molecule has 0 atom stereocenters. The molecule has 29 heavy (non-hydrogen) atoms. The number of nitrogens with zero attached hydrogens (tertiary/aromatic N) is 7. The van der Waals surface area contributed by atoms with E-state index in [9.17, 15) is 0 Å². The fourth-order valence-corrected chi connectivity index (χ4v) is 2.95. The molecule has 3 rings (SSSR count). The number of allylic oxidation sites excluding steroid dienone is 1. The van der Waals surface area contributed by atoms with Gasteiger partial charge in [0.1, 0.15) is 11.9 Å². The molecule has 2 heterocycles. The van der Waals surface area contributed by atoms with Crippen LogP contribution in [0, 0.1) is 16.7 Å². The monoisotopic (exact) mass is 387 g/mol. The zero-order valence-electron chi connectivity index (χ0n) is 17.0. The van der Waals surface area contributed by atoms with E-state index < -0.39 is 0 Å². The van der Waals surface area contributed by atoms with Crippen molar-refractivity contribution >= 4 is 11.9 Å². The molecule has 7 nitrogen and oxygen atoms in total. The maximum Gasteiger partial charge on any atom is 0.234 e. The van der Waals surface area contributed by atoms with Crippen LogP contribution in [0.15, 0.2) is 55.0 Å². The van der Waals surface area contributed by atoms with Crippen molar-refractivity contribution in [3.8, 4) is 6.07 Å². The molecular formula is C22H25N7. The topological polar surface area (TPSA) is 83.5 Å². The van der Waals surface area contributed by atoms with Crippen molar-refractivity contribution in [1.82, 2.24) is 25.0 Å². The smallest absolute Gasteiger partial charge is 0.234 e. The molecule has 0 saturated carbocycles. The van der Waals surface area contributed by atoms with Gasteiger partial charge in [0.25, 0.3) is 0 Å². The number of benzene rings is 1. The lowest BCUT2D eigenvalue weighted by Crippen LogP contribution is -2.33. The van der Waals surface area contributed by atoms with E-state index >= 15 is 0 Å². The van der Waals surface area contributed by atoms with Gasteiger partial charge in [0, 0.05) is 25.5 Å². The van der Waals surface area contributed by atoms with Crippen molar-refractivity contribution in [2.45, 2.75) is 33.9 Å². The Kier molecular flexibility index (Phi) is 6.35. The average Bonchev–Trinajstić information content (AvgIpc) is 3.21. The maximum atomic E-state index is 9.12. The van der Waals surface area contributed by atoms with Crippen molar-refractivity contribution in [3.63, 3.8) is 0 Å². The number of nitriles is 1. The molecule has 0 aliphatic rings. The lowest BCUT2D eigenvalue weighted by molar-refractivity contribution is 0.407. The molecule has 0 unspecified atom stereocenters. The largest absolute Gasteiger partial charge is 0.352 e. The molecule has 1 aromatic carbocycles. The molecule has 3 aromatic rings. The van der Waals surface area contributed by atoms with Crippen LogP contribution < -0.4 is 4.90 Å². The zero-order chi connectivity index (χ0) is 20.7. The van der Waals surface area contributed by atoms with Gasteiger partial charge in [0.05, 0.1) is 12.7 Å². The predicted octanol–water partition coefficient (Wildman–Crippen LogP) is 3.71. The third kappa shape index (κ3) is 6.25. The molecule has 148 valence electrons. The lowest BCUT2D eigenvalue weighted by atomic mass is 9.95. The quantitative estimate of drug-likeness (QED) is 0.614. The Morgan fingerprint density at radius 3 is 2.59 bits per heavy atom. The van der Waals surface area contributed by atoms with E-state index in [-0.39, 0.29) is 11.2 Å². The Balaban J connectivity index is 1.71. The summed E-state index contributed by atoms with van der Waals surface area (Å²) in [5, 5.41) is 16.9. The predicted molar refractivity (Wildman–Crippen MR) is 113 cm³/mol. The summed E-state index contributed by atoms with van der Waals surface area (Å²) in [6.07, 6.45) is 9.27. The average molecular weight is 387 g/mol. The summed E-state index contributed by atoms with van der Waals surface area (Å²) in [4.78, 5) is 10.6. The first-order chi connectivity index (χ1) is 13.9. The van der Waals surface area contributed by atoms with Crippen molar-refractivity contribution in [2.75, 3.05) is 11.4 Å². The second-order valence-electron chi connectivity index (χ2n) is 8.04. The highest BCUT2D eigenvalue weighted by Crippen LogP contribution is 2.22. The molecule has 0 aliphatic heterocycles. The SMILES string of the molecule is CC(C)(C)CN(Cc1ccc(/C=C/Cn2ccnn2)cc1)c1ccnc(C#N)n1. The van der Waals surface area contributed by atoms with Gasteiger partial charge in [0.15, 0.2) is 0 Å². The van der Waals surface area contributed by atoms with Crippen molar-refractivity contribution in [2.24, 2.45) is 5.41 Å². The summed E-state index contributed by atoms with van der Waals surface area (Å²) in [5.74, 6) is 0.956. The van der Waals surface area contributed by atoms with Gasteiger partial charge >= 0.3 is 0 Å². The minimum absolute atomic E-state index is 0.0851. The van der Waals surface area contributed by atoms with Crippen LogP contribution >= 0.6 is 0 Å². The molecule has 7 heteroatoms. The van der Waals surface area contributed by atoms with E-state index in [0.29, 0.717) is 13.1 Å². The first-order valence-electron chi connectivity index (χ1n) is 9.51. The van der Waals surface area contributed by atoms with E-state index in [4.69, 9.17) is 5.26 Å². The number of aromatic nitrogens is 5. The van der Waals surface area contributed by atoms with Gasteiger partial charge in [-0.15, -0.1) is 5.10 Å². The molecule has 0 spiro atoms. The summed E-state index contributed by atoms with van der Waals surface area (Å²) < 4.78 is 1.77. The van der Waals surface area contributed by atoms with Gasteiger partial charge in [-0.1, -0.05) is 62.4 Å². The molecule has 0 amide bonds. The molecule has 0 radical (unpaired) electrons. The first-order valence-corrected chi connectivity index (χ1v) is 9.51. The van der Waals surface area contributed by atoms with Crippen LogP contribution in [-0.4, -0.2) is 31.5 Å². The standard InChI is InChI=1S/C22H25N7/c1-22(2,3)17-28(21-10-11-24-20(15-23)26-21)16-19-8-6-18(7-9-19)5-4-13-29-14-12-25-27-29/h4-12,14H,13,16-17H2,1-3H3/b5-4+. The Bertz CT molecular complexity index is 977. The van der Waals surface area contributed by atoms with Gasteiger partial charge < -0.3 is 4.90 Å². The molecular weight excluding hydrogens is 362 g/mol. The Hall–Kier alpha value is -3.53. The van der Waals surface area contributed by atoms with Crippen LogP contribution in [0.3, 0.4) is 0 Å². The number of anilines is 1. The van der Waals surface area contributed by atoms with E-state index in [1.54, 1.807) is 17.1 Å². The second kappa shape index (κ2) is 9.11. The van der Waals surface area contributed by atoms with Crippen molar-refractivity contribution < 1.29 is 0 Å². The molecule has 2 aromatic heterocycles. The molecule has 0 aliphatic carbocycles. The summed E-state index contributed by atoms with van der Waals surface area (Å²) >= 11 is 0. The van der Waals surface area contributed by atoms with Crippen LogP contribution in [0.25, 0.3) is 6.08 Å². The van der Waals surface area contributed by atoms with Gasteiger partial charge in [-0.05, 0) is 22.6 Å². The number of rotatable bonds is 7. The van der Waals surface area contributed by atoms with Crippen LogP contribution in [0.4, 0.5) is 5.82 Å². The minimum atomic E-state index is 0.0851. The highest BCUT2D eigenvalue weighted by Gasteiger charge is 2.18. The summed E-state index contributed by atoms with van der Waals surface area (Å²) in [7, 11) is 0. The van der Waals surface area contributed by atoms with Crippen LogP contribution in [0.5, 0.6) is 0 Å². The van der Waals surface area contributed by atoms with Crippen molar-refractivity contribution in [3.05, 3.63) is 71.9 Å².